The fraction of sp³-hybridized carbons (Fsp3) is 0.800. The van der Waals surface area contributed by atoms with Gasteiger partial charge in [-0.15, -0.1) is 0 Å². The van der Waals surface area contributed by atoms with Crippen LogP contribution in [-0.2, 0) is 0 Å². The zero-order chi connectivity index (χ0) is 10.6. The quantitative estimate of drug-likeness (QED) is 0.714. The van der Waals surface area contributed by atoms with Crippen LogP contribution in [0.4, 0.5) is 4.79 Å². The molecule has 1 saturated carbocycles. The summed E-state index contributed by atoms with van der Waals surface area (Å²) in [5.41, 5.74) is -0.489. The summed E-state index contributed by atoms with van der Waals surface area (Å²) < 4.78 is 0. The van der Waals surface area contributed by atoms with E-state index in [2.05, 4.69) is 16.7 Å². The molecule has 0 aromatic carbocycles. The van der Waals surface area contributed by atoms with Gasteiger partial charge in [0.1, 0.15) is 0 Å². The Hall–Kier alpha value is -1.24. The normalized spacial score (nSPS) is 16.6. The van der Waals surface area contributed by atoms with E-state index in [0.717, 1.165) is 12.8 Å². The minimum atomic E-state index is -0.489. The second-order valence-corrected chi connectivity index (χ2v) is 4.45. The first-order valence-electron chi connectivity index (χ1n) is 4.99. The van der Waals surface area contributed by atoms with E-state index in [-0.39, 0.29) is 6.03 Å². The lowest BCUT2D eigenvalue weighted by Crippen LogP contribution is -2.47. The lowest BCUT2D eigenvalue weighted by Gasteiger charge is -2.27. The van der Waals surface area contributed by atoms with E-state index in [4.69, 9.17) is 5.26 Å². The molecule has 1 aliphatic carbocycles. The maximum absolute atomic E-state index is 11.3. The van der Waals surface area contributed by atoms with Crippen molar-refractivity contribution in [2.75, 3.05) is 6.54 Å². The number of hydrogen-bond acceptors (Lipinski definition) is 2. The van der Waals surface area contributed by atoms with Gasteiger partial charge in [-0.05, 0) is 33.1 Å². The van der Waals surface area contributed by atoms with E-state index in [0.29, 0.717) is 12.6 Å². The monoisotopic (exact) mass is 195 g/mol. The average Bonchev–Trinajstić information content (AvgIpc) is 2.08. The number of urea groups is 1. The van der Waals surface area contributed by atoms with Gasteiger partial charge in [0.15, 0.2) is 0 Å². The molecular formula is C10H17N3O. The predicted octanol–water partition coefficient (Wildman–Crippen LogP) is 1.39. The molecule has 14 heavy (non-hydrogen) atoms. The van der Waals surface area contributed by atoms with Crippen LogP contribution in [0, 0.1) is 16.7 Å². The van der Waals surface area contributed by atoms with Crippen LogP contribution in [0.5, 0.6) is 0 Å². The van der Waals surface area contributed by atoms with Crippen molar-refractivity contribution >= 4 is 6.03 Å². The van der Waals surface area contributed by atoms with Gasteiger partial charge in [0, 0.05) is 12.6 Å². The highest BCUT2D eigenvalue weighted by atomic mass is 16.2. The van der Waals surface area contributed by atoms with Gasteiger partial charge in [0.2, 0.25) is 0 Å². The molecular weight excluding hydrogens is 178 g/mol. The molecule has 4 heteroatoms. The average molecular weight is 195 g/mol. The van der Waals surface area contributed by atoms with E-state index in [1.807, 2.05) is 0 Å². The molecule has 2 amide bonds. The summed E-state index contributed by atoms with van der Waals surface area (Å²) in [5, 5.41) is 14.3. The van der Waals surface area contributed by atoms with Gasteiger partial charge in [-0.3, -0.25) is 0 Å². The van der Waals surface area contributed by atoms with E-state index < -0.39 is 5.41 Å². The summed E-state index contributed by atoms with van der Waals surface area (Å²) in [6.45, 7) is 4.00. The van der Waals surface area contributed by atoms with Crippen LogP contribution in [-0.4, -0.2) is 18.6 Å². The maximum atomic E-state index is 11.3. The number of amides is 2. The zero-order valence-corrected chi connectivity index (χ0v) is 8.76. The lowest BCUT2D eigenvalue weighted by molar-refractivity contribution is 0.225. The number of nitrogens with one attached hydrogen (secondary N) is 2. The smallest absolute Gasteiger partial charge is 0.315 e. The molecule has 0 aromatic heterocycles. The number of rotatable bonds is 3. The highest BCUT2D eigenvalue weighted by Gasteiger charge is 2.21. The van der Waals surface area contributed by atoms with Gasteiger partial charge in [-0.1, -0.05) is 0 Å². The standard InChI is InChI=1S/C10H17N3O/c1-10(2,6-11)7-12-9(14)13-8-4-3-5-8/h8H,3-5,7H2,1-2H3,(H2,12,13,14). The molecule has 0 aromatic rings. The van der Waals surface area contributed by atoms with E-state index in [1.54, 1.807) is 13.8 Å². The summed E-state index contributed by atoms with van der Waals surface area (Å²) in [4.78, 5) is 11.3. The number of nitriles is 1. The summed E-state index contributed by atoms with van der Waals surface area (Å²) in [6, 6.07) is 2.33. The van der Waals surface area contributed by atoms with Crippen LogP contribution in [0.1, 0.15) is 33.1 Å². The van der Waals surface area contributed by atoms with Crippen molar-refractivity contribution in [1.82, 2.24) is 10.6 Å². The van der Waals surface area contributed by atoms with Crippen molar-refractivity contribution < 1.29 is 4.79 Å². The zero-order valence-electron chi connectivity index (χ0n) is 8.76. The Labute approximate surface area is 84.7 Å². The Bertz CT molecular complexity index is 251. The van der Waals surface area contributed by atoms with Gasteiger partial charge < -0.3 is 10.6 Å². The molecule has 1 aliphatic rings. The molecule has 0 unspecified atom stereocenters. The van der Waals surface area contributed by atoms with E-state index >= 15 is 0 Å². The topological polar surface area (TPSA) is 64.9 Å². The molecule has 0 saturated heterocycles. The number of carbonyl (C=O) groups excluding carboxylic acids is 1. The van der Waals surface area contributed by atoms with Crippen LogP contribution in [0.15, 0.2) is 0 Å². The van der Waals surface area contributed by atoms with E-state index in [9.17, 15) is 4.79 Å². The number of carbonyl (C=O) groups is 1. The van der Waals surface area contributed by atoms with Crippen LogP contribution in [0.3, 0.4) is 0 Å². The third kappa shape index (κ3) is 3.25. The second kappa shape index (κ2) is 4.32. The Balaban J connectivity index is 2.17. The first kappa shape index (κ1) is 10.8. The molecule has 2 N–H and O–H groups in total. The van der Waals surface area contributed by atoms with Crippen molar-refractivity contribution in [3.63, 3.8) is 0 Å². The van der Waals surface area contributed by atoms with Crippen LogP contribution < -0.4 is 10.6 Å². The molecule has 1 rings (SSSR count). The summed E-state index contributed by atoms with van der Waals surface area (Å²) in [6.07, 6.45) is 3.36. The Kier molecular flexibility index (Phi) is 3.34. The van der Waals surface area contributed by atoms with Crippen molar-refractivity contribution in [3.8, 4) is 6.07 Å². The van der Waals surface area contributed by atoms with Gasteiger partial charge >= 0.3 is 6.03 Å². The van der Waals surface area contributed by atoms with Crippen LogP contribution in [0.25, 0.3) is 0 Å². The molecule has 1 fully saturated rings. The SMILES string of the molecule is CC(C)(C#N)CNC(=O)NC1CCC1. The molecule has 0 spiro atoms. The molecule has 0 aliphatic heterocycles. The molecule has 4 nitrogen and oxygen atoms in total. The Morgan fingerprint density at radius 1 is 1.57 bits per heavy atom. The van der Waals surface area contributed by atoms with Crippen molar-refractivity contribution in [3.05, 3.63) is 0 Å². The van der Waals surface area contributed by atoms with Gasteiger partial charge in [-0.25, -0.2) is 4.79 Å². The third-order valence-electron chi connectivity index (χ3n) is 2.43. The van der Waals surface area contributed by atoms with Gasteiger partial charge in [-0.2, -0.15) is 5.26 Å². The molecule has 0 bridgehead atoms. The Morgan fingerprint density at radius 2 is 2.21 bits per heavy atom. The second-order valence-electron chi connectivity index (χ2n) is 4.45. The number of hydrogen-bond donors (Lipinski definition) is 2. The van der Waals surface area contributed by atoms with Crippen molar-refractivity contribution in [2.45, 2.75) is 39.2 Å². The molecule has 0 atom stereocenters. The summed E-state index contributed by atoms with van der Waals surface area (Å²) >= 11 is 0. The maximum Gasteiger partial charge on any atom is 0.315 e. The van der Waals surface area contributed by atoms with Gasteiger partial charge in [0.05, 0.1) is 11.5 Å². The highest BCUT2D eigenvalue weighted by molar-refractivity contribution is 5.74. The predicted molar refractivity (Wildman–Crippen MR) is 53.6 cm³/mol. The summed E-state index contributed by atoms with van der Waals surface area (Å²) in [5.74, 6) is 0. The first-order valence-corrected chi connectivity index (χ1v) is 4.99. The molecule has 78 valence electrons. The minimum Gasteiger partial charge on any atom is -0.337 e. The first-order chi connectivity index (χ1) is 6.53. The van der Waals surface area contributed by atoms with E-state index in [1.165, 1.54) is 6.42 Å². The third-order valence-corrected chi connectivity index (χ3v) is 2.43. The lowest BCUT2D eigenvalue weighted by atomic mass is 9.93. The number of nitrogens with zero attached hydrogens (tertiary/aromatic N) is 1. The van der Waals surface area contributed by atoms with Crippen LogP contribution >= 0.6 is 0 Å². The minimum absolute atomic E-state index is 0.155. The largest absolute Gasteiger partial charge is 0.337 e. The van der Waals surface area contributed by atoms with Crippen LogP contribution in [0.2, 0.25) is 0 Å². The fourth-order valence-electron chi connectivity index (χ4n) is 1.13. The molecule has 0 heterocycles. The Morgan fingerprint density at radius 3 is 2.64 bits per heavy atom. The fourth-order valence-corrected chi connectivity index (χ4v) is 1.13. The highest BCUT2D eigenvalue weighted by Crippen LogP contribution is 2.17. The van der Waals surface area contributed by atoms with Gasteiger partial charge in [0.25, 0.3) is 0 Å². The summed E-state index contributed by atoms with van der Waals surface area (Å²) in [7, 11) is 0. The van der Waals surface area contributed by atoms with Crippen molar-refractivity contribution in [1.29, 1.82) is 5.26 Å². The van der Waals surface area contributed by atoms with Crippen molar-refractivity contribution in [2.24, 2.45) is 5.41 Å². The molecule has 0 radical (unpaired) electrons.